The molecule has 4 nitrogen and oxygen atoms in total. The van der Waals surface area contributed by atoms with Gasteiger partial charge < -0.3 is 10.1 Å². The third-order valence-corrected chi connectivity index (χ3v) is 2.26. The Balaban J connectivity index is 2.68. The molecule has 92 valence electrons. The molecule has 1 rings (SSSR count). The fraction of sp³-hybridized carbons (Fsp3) is 0.385. The van der Waals surface area contributed by atoms with Gasteiger partial charge in [-0.25, -0.2) is 0 Å². The quantitative estimate of drug-likeness (QED) is 0.815. The average molecular weight is 235 g/mol. The van der Waals surface area contributed by atoms with Gasteiger partial charge in [0.2, 0.25) is 0 Å². The summed E-state index contributed by atoms with van der Waals surface area (Å²) in [4.78, 5) is 22.1. The maximum absolute atomic E-state index is 11.5. The third kappa shape index (κ3) is 4.26. The van der Waals surface area contributed by atoms with Gasteiger partial charge in [0.25, 0.3) is 5.91 Å². The van der Waals surface area contributed by atoms with Crippen molar-refractivity contribution in [3.8, 4) is 0 Å². The van der Waals surface area contributed by atoms with Crippen LogP contribution in [-0.2, 0) is 14.3 Å². The van der Waals surface area contributed by atoms with Gasteiger partial charge in [-0.2, -0.15) is 0 Å². The van der Waals surface area contributed by atoms with Crippen LogP contribution in [0.1, 0.15) is 32.3 Å². The number of esters is 1. The van der Waals surface area contributed by atoms with E-state index in [0.717, 1.165) is 11.3 Å². The van der Waals surface area contributed by atoms with Crippen LogP contribution in [-0.4, -0.2) is 18.5 Å². The van der Waals surface area contributed by atoms with Gasteiger partial charge in [-0.3, -0.25) is 9.59 Å². The third-order valence-electron chi connectivity index (χ3n) is 2.26. The predicted molar refractivity (Wildman–Crippen MR) is 65.8 cm³/mol. The molecule has 0 bridgehead atoms. The first kappa shape index (κ1) is 13.2. The molecule has 0 saturated carbocycles. The number of carbonyl (C=O) groups is 2. The zero-order chi connectivity index (χ0) is 12.8. The van der Waals surface area contributed by atoms with Crippen molar-refractivity contribution in [2.75, 3.05) is 11.9 Å². The van der Waals surface area contributed by atoms with E-state index in [2.05, 4.69) is 23.9 Å². The van der Waals surface area contributed by atoms with Crippen LogP contribution in [0.4, 0.5) is 5.69 Å². The van der Waals surface area contributed by atoms with Crippen LogP contribution in [0, 0.1) is 0 Å². The molecule has 0 aromatic heterocycles. The molecule has 0 saturated heterocycles. The van der Waals surface area contributed by atoms with Crippen molar-refractivity contribution in [3.63, 3.8) is 0 Å². The number of hydrogen-bond acceptors (Lipinski definition) is 3. The Morgan fingerprint density at radius 2 is 1.94 bits per heavy atom. The van der Waals surface area contributed by atoms with E-state index in [-0.39, 0.29) is 12.5 Å². The highest BCUT2D eigenvalue weighted by Crippen LogP contribution is 2.23. The summed E-state index contributed by atoms with van der Waals surface area (Å²) in [6.07, 6.45) is 0. The molecular weight excluding hydrogens is 218 g/mol. The number of anilines is 1. The highest BCUT2D eigenvalue weighted by Gasteiger charge is 2.09. The molecule has 4 heteroatoms. The highest BCUT2D eigenvalue weighted by molar-refractivity contribution is 5.93. The molecule has 1 aromatic rings. The molecule has 0 aliphatic rings. The lowest BCUT2D eigenvalue weighted by atomic mass is 10.0. The molecule has 0 fully saturated rings. The molecular formula is C13H17NO3. The summed E-state index contributed by atoms with van der Waals surface area (Å²) in [6, 6.07) is 7.58. The van der Waals surface area contributed by atoms with Gasteiger partial charge in [0.15, 0.2) is 6.61 Å². The number of hydrogen-bond donors (Lipinski definition) is 1. The second-order valence-corrected chi connectivity index (χ2v) is 4.07. The van der Waals surface area contributed by atoms with Gasteiger partial charge in [0.1, 0.15) is 0 Å². The fourth-order valence-corrected chi connectivity index (χ4v) is 1.47. The van der Waals surface area contributed by atoms with Gasteiger partial charge >= 0.3 is 5.97 Å². The molecule has 0 unspecified atom stereocenters. The Morgan fingerprint density at radius 1 is 1.29 bits per heavy atom. The maximum Gasteiger partial charge on any atom is 0.303 e. The van der Waals surface area contributed by atoms with Crippen LogP contribution in [0.2, 0.25) is 0 Å². The van der Waals surface area contributed by atoms with E-state index < -0.39 is 5.97 Å². The lowest BCUT2D eigenvalue weighted by Gasteiger charge is -2.13. The summed E-state index contributed by atoms with van der Waals surface area (Å²) < 4.78 is 4.63. The number of para-hydroxylation sites is 1. The van der Waals surface area contributed by atoms with Crippen molar-refractivity contribution in [2.24, 2.45) is 0 Å². The van der Waals surface area contributed by atoms with Crippen LogP contribution in [0.15, 0.2) is 24.3 Å². The largest absolute Gasteiger partial charge is 0.456 e. The summed E-state index contributed by atoms with van der Waals surface area (Å²) in [6.45, 7) is 5.13. The Hall–Kier alpha value is -1.84. The Kier molecular flexibility index (Phi) is 4.69. The minimum absolute atomic E-state index is 0.248. The number of amides is 1. The van der Waals surface area contributed by atoms with Crippen molar-refractivity contribution >= 4 is 17.6 Å². The molecule has 0 aliphatic heterocycles. The average Bonchev–Trinajstić information content (AvgIpc) is 2.27. The monoisotopic (exact) mass is 235 g/mol. The molecule has 0 spiro atoms. The number of ether oxygens (including phenoxy) is 1. The molecule has 0 heterocycles. The van der Waals surface area contributed by atoms with Crippen molar-refractivity contribution < 1.29 is 14.3 Å². The van der Waals surface area contributed by atoms with E-state index in [1.807, 2.05) is 24.3 Å². The summed E-state index contributed by atoms with van der Waals surface area (Å²) in [5.41, 5.74) is 1.82. The van der Waals surface area contributed by atoms with Gasteiger partial charge in [-0.1, -0.05) is 32.0 Å². The van der Waals surface area contributed by atoms with E-state index >= 15 is 0 Å². The second-order valence-electron chi connectivity index (χ2n) is 4.07. The first-order valence-electron chi connectivity index (χ1n) is 5.53. The molecule has 0 aliphatic carbocycles. The van der Waals surface area contributed by atoms with Crippen LogP contribution >= 0.6 is 0 Å². The number of benzene rings is 1. The summed E-state index contributed by atoms with van der Waals surface area (Å²) in [5, 5.41) is 2.73. The smallest absolute Gasteiger partial charge is 0.303 e. The van der Waals surface area contributed by atoms with Crippen molar-refractivity contribution in [3.05, 3.63) is 29.8 Å². The Bertz CT molecular complexity index is 413. The van der Waals surface area contributed by atoms with Gasteiger partial charge in [-0.05, 0) is 17.5 Å². The zero-order valence-corrected chi connectivity index (χ0v) is 10.3. The summed E-state index contributed by atoms with van der Waals surface area (Å²) in [7, 11) is 0. The Labute approximate surface area is 101 Å². The summed E-state index contributed by atoms with van der Waals surface area (Å²) >= 11 is 0. The highest BCUT2D eigenvalue weighted by atomic mass is 16.5. The number of rotatable bonds is 4. The predicted octanol–water partition coefficient (Wildman–Crippen LogP) is 2.31. The lowest BCUT2D eigenvalue weighted by Crippen LogP contribution is -2.20. The Morgan fingerprint density at radius 3 is 2.53 bits per heavy atom. The minimum atomic E-state index is -0.461. The zero-order valence-electron chi connectivity index (χ0n) is 10.3. The number of nitrogens with one attached hydrogen (secondary N) is 1. The second kappa shape index (κ2) is 6.03. The van der Waals surface area contributed by atoms with Gasteiger partial charge in [0.05, 0.1) is 0 Å². The van der Waals surface area contributed by atoms with Crippen LogP contribution < -0.4 is 5.32 Å². The number of carbonyl (C=O) groups excluding carboxylic acids is 2. The van der Waals surface area contributed by atoms with Crippen LogP contribution in [0.3, 0.4) is 0 Å². The van der Waals surface area contributed by atoms with E-state index in [4.69, 9.17) is 0 Å². The molecule has 0 radical (unpaired) electrons. The van der Waals surface area contributed by atoms with Crippen molar-refractivity contribution in [1.82, 2.24) is 0 Å². The first-order valence-corrected chi connectivity index (χ1v) is 5.53. The van der Waals surface area contributed by atoms with Crippen LogP contribution in [0.5, 0.6) is 0 Å². The van der Waals surface area contributed by atoms with E-state index in [9.17, 15) is 9.59 Å². The molecule has 17 heavy (non-hydrogen) atoms. The van der Waals surface area contributed by atoms with E-state index in [1.54, 1.807) is 0 Å². The fourth-order valence-electron chi connectivity index (χ4n) is 1.47. The van der Waals surface area contributed by atoms with Crippen molar-refractivity contribution in [2.45, 2.75) is 26.7 Å². The molecule has 1 N–H and O–H groups in total. The van der Waals surface area contributed by atoms with Gasteiger partial charge in [0, 0.05) is 12.6 Å². The van der Waals surface area contributed by atoms with Gasteiger partial charge in [-0.15, -0.1) is 0 Å². The topological polar surface area (TPSA) is 55.4 Å². The maximum atomic E-state index is 11.5. The van der Waals surface area contributed by atoms with E-state index in [0.29, 0.717) is 5.92 Å². The van der Waals surface area contributed by atoms with Crippen molar-refractivity contribution in [1.29, 1.82) is 0 Å². The molecule has 0 atom stereocenters. The van der Waals surface area contributed by atoms with Crippen LogP contribution in [0.25, 0.3) is 0 Å². The normalized spacial score (nSPS) is 10.1. The standard InChI is InChI=1S/C13H17NO3/c1-9(2)11-6-4-5-7-12(11)14-13(16)8-17-10(3)15/h4-7,9H,8H2,1-3H3,(H,14,16). The minimum Gasteiger partial charge on any atom is -0.456 e. The first-order chi connectivity index (χ1) is 8.00. The molecule has 1 amide bonds. The SMILES string of the molecule is CC(=O)OCC(=O)Nc1ccccc1C(C)C. The summed E-state index contributed by atoms with van der Waals surface area (Å²) in [5.74, 6) is -0.467. The molecule has 1 aromatic carbocycles. The van der Waals surface area contributed by atoms with E-state index in [1.165, 1.54) is 6.92 Å². The lowest BCUT2D eigenvalue weighted by molar-refractivity contribution is -0.144.